The van der Waals surface area contributed by atoms with Crippen molar-refractivity contribution >= 4 is 21.6 Å². The zero-order chi connectivity index (χ0) is 15.9. The maximum absolute atomic E-state index is 12.7. The Kier molecular flexibility index (Phi) is 3.60. The predicted molar refractivity (Wildman–Crippen MR) is 79.9 cm³/mol. The Hall–Kier alpha value is -2.02. The highest BCUT2D eigenvalue weighted by molar-refractivity contribution is 9.10. The zero-order valence-electron chi connectivity index (χ0n) is 11.4. The fraction of sp³-hybridized carbons (Fsp3) is 0.133. The summed E-state index contributed by atoms with van der Waals surface area (Å²) in [6.07, 6.45) is -1.34. The first-order valence-electron chi connectivity index (χ1n) is 6.28. The number of aromatic nitrogens is 2. The summed E-state index contributed by atoms with van der Waals surface area (Å²) < 4.78 is 45.6. The van der Waals surface area contributed by atoms with E-state index in [1.807, 2.05) is 6.07 Å². The summed E-state index contributed by atoms with van der Waals surface area (Å²) in [5.41, 5.74) is 0.900. The van der Waals surface area contributed by atoms with Crippen molar-refractivity contribution in [2.24, 2.45) is 0 Å². The second kappa shape index (κ2) is 5.31. The van der Waals surface area contributed by atoms with Crippen molar-refractivity contribution < 1.29 is 17.9 Å². The van der Waals surface area contributed by atoms with Gasteiger partial charge in [-0.3, -0.25) is 0 Å². The molecule has 3 aromatic rings. The van der Waals surface area contributed by atoms with Crippen molar-refractivity contribution in [3.8, 4) is 17.0 Å². The van der Waals surface area contributed by atoms with E-state index >= 15 is 0 Å². The van der Waals surface area contributed by atoms with Gasteiger partial charge in [-0.1, -0.05) is 0 Å². The Bertz CT molecular complexity index is 842. The number of ether oxygens (including phenoxy) is 1. The number of hydrogen-bond donors (Lipinski definition) is 0. The molecule has 22 heavy (non-hydrogen) atoms. The molecule has 0 spiro atoms. The number of rotatable bonds is 2. The first-order chi connectivity index (χ1) is 10.4. The first-order valence-corrected chi connectivity index (χ1v) is 7.07. The molecule has 3 rings (SSSR count). The molecular weight excluding hydrogens is 361 g/mol. The largest absolute Gasteiger partial charge is 0.496 e. The van der Waals surface area contributed by atoms with Crippen molar-refractivity contribution in [2.45, 2.75) is 6.18 Å². The molecule has 0 atom stereocenters. The highest BCUT2D eigenvalue weighted by atomic mass is 79.9. The summed E-state index contributed by atoms with van der Waals surface area (Å²) >= 11 is 3.38. The molecule has 0 bridgehead atoms. The minimum Gasteiger partial charge on any atom is -0.496 e. The van der Waals surface area contributed by atoms with Gasteiger partial charge >= 0.3 is 6.18 Å². The van der Waals surface area contributed by atoms with E-state index in [1.165, 1.54) is 6.20 Å². The minimum atomic E-state index is -4.38. The van der Waals surface area contributed by atoms with Gasteiger partial charge in [-0.15, -0.1) is 0 Å². The van der Waals surface area contributed by atoms with Crippen molar-refractivity contribution in [1.82, 2.24) is 9.38 Å². The topological polar surface area (TPSA) is 26.5 Å². The van der Waals surface area contributed by atoms with Gasteiger partial charge in [-0.25, -0.2) is 4.98 Å². The zero-order valence-corrected chi connectivity index (χ0v) is 12.9. The quantitative estimate of drug-likeness (QED) is 0.648. The number of nitrogens with zero attached hydrogens (tertiary/aromatic N) is 2. The van der Waals surface area contributed by atoms with E-state index in [4.69, 9.17) is 4.74 Å². The van der Waals surface area contributed by atoms with E-state index in [0.29, 0.717) is 11.4 Å². The summed E-state index contributed by atoms with van der Waals surface area (Å²) in [7, 11) is 1.56. The predicted octanol–water partition coefficient (Wildman–Crippen LogP) is 4.79. The molecule has 0 radical (unpaired) electrons. The third kappa shape index (κ3) is 2.68. The third-order valence-corrected chi connectivity index (χ3v) is 3.85. The molecule has 7 heteroatoms. The second-order valence-electron chi connectivity index (χ2n) is 4.65. The van der Waals surface area contributed by atoms with E-state index in [2.05, 4.69) is 20.9 Å². The lowest BCUT2D eigenvalue weighted by atomic mass is 10.2. The van der Waals surface area contributed by atoms with Crippen LogP contribution in [0.25, 0.3) is 16.9 Å². The van der Waals surface area contributed by atoms with Crippen molar-refractivity contribution in [2.75, 3.05) is 7.11 Å². The molecule has 2 heterocycles. The fourth-order valence-corrected chi connectivity index (χ4v) is 2.66. The normalized spacial score (nSPS) is 11.9. The molecule has 0 aliphatic heterocycles. The third-order valence-electron chi connectivity index (χ3n) is 3.24. The van der Waals surface area contributed by atoms with Crippen LogP contribution in [0.3, 0.4) is 0 Å². The number of imidazole rings is 1. The molecule has 3 nitrogen and oxygen atoms in total. The number of alkyl halides is 3. The van der Waals surface area contributed by atoms with E-state index in [0.717, 1.165) is 22.2 Å². The summed E-state index contributed by atoms with van der Waals surface area (Å²) in [6, 6.07) is 7.44. The Morgan fingerprint density at radius 1 is 1.18 bits per heavy atom. The molecule has 0 amide bonds. The fourth-order valence-electron chi connectivity index (χ4n) is 2.12. The molecule has 0 fully saturated rings. The van der Waals surface area contributed by atoms with Gasteiger partial charge in [-0.2, -0.15) is 13.2 Å². The summed E-state index contributed by atoms with van der Waals surface area (Å²) in [4.78, 5) is 4.26. The SMILES string of the molecule is COc1ccc(-c2cn3ccc(C(F)(F)F)cc3n2)cc1Br. The Labute approximate surface area is 132 Å². The van der Waals surface area contributed by atoms with Crippen LogP contribution in [-0.4, -0.2) is 16.5 Å². The Morgan fingerprint density at radius 3 is 2.59 bits per heavy atom. The molecular formula is C15H10BrF3N2O. The first kappa shape index (κ1) is 14.9. The van der Waals surface area contributed by atoms with Gasteiger partial charge in [0, 0.05) is 18.0 Å². The number of fused-ring (bicyclic) bond motifs is 1. The molecule has 0 saturated carbocycles. The lowest BCUT2D eigenvalue weighted by Crippen LogP contribution is -2.05. The van der Waals surface area contributed by atoms with Gasteiger partial charge in [0.1, 0.15) is 11.4 Å². The number of halogens is 4. The van der Waals surface area contributed by atoms with Crippen LogP contribution in [0.2, 0.25) is 0 Å². The average Bonchev–Trinajstić information content (AvgIpc) is 2.89. The van der Waals surface area contributed by atoms with Gasteiger partial charge < -0.3 is 9.14 Å². The highest BCUT2D eigenvalue weighted by Gasteiger charge is 2.30. The van der Waals surface area contributed by atoms with E-state index in [1.54, 1.807) is 29.8 Å². The van der Waals surface area contributed by atoms with Crippen LogP contribution < -0.4 is 4.74 Å². The lowest BCUT2D eigenvalue weighted by molar-refractivity contribution is -0.137. The van der Waals surface area contributed by atoms with Crippen LogP contribution in [0, 0.1) is 0 Å². The monoisotopic (exact) mass is 370 g/mol. The molecule has 0 aliphatic carbocycles. The van der Waals surface area contributed by atoms with Gasteiger partial charge in [0.15, 0.2) is 0 Å². The number of pyridine rings is 1. The Morgan fingerprint density at radius 2 is 1.95 bits per heavy atom. The van der Waals surface area contributed by atoms with Crippen LogP contribution in [0.5, 0.6) is 5.75 Å². The summed E-state index contributed by atoms with van der Waals surface area (Å²) in [5.74, 6) is 0.673. The molecule has 0 saturated heterocycles. The molecule has 0 unspecified atom stereocenters. The van der Waals surface area contributed by atoms with Gasteiger partial charge in [0.2, 0.25) is 0 Å². The van der Waals surface area contributed by atoms with Crippen LogP contribution in [0.15, 0.2) is 47.2 Å². The van der Waals surface area contributed by atoms with Gasteiger partial charge in [0.05, 0.1) is 22.8 Å². The van der Waals surface area contributed by atoms with Crippen LogP contribution >= 0.6 is 15.9 Å². The summed E-state index contributed by atoms with van der Waals surface area (Å²) in [5, 5.41) is 0. The van der Waals surface area contributed by atoms with E-state index < -0.39 is 11.7 Å². The van der Waals surface area contributed by atoms with Crippen molar-refractivity contribution in [1.29, 1.82) is 0 Å². The van der Waals surface area contributed by atoms with Crippen LogP contribution in [-0.2, 0) is 6.18 Å². The molecule has 0 N–H and O–H groups in total. The highest BCUT2D eigenvalue weighted by Crippen LogP contribution is 2.32. The molecule has 1 aromatic carbocycles. The number of benzene rings is 1. The van der Waals surface area contributed by atoms with Gasteiger partial charge in [-0.05, 0) is 46.3 Å². The van der Waals surface area contributed by atoms with Crippen LogP contribution in [0.4, 0.5) is 13.2 Å². The maximum atomic E-state index is 12.7. The average molecular weight is 371 g/mol. The molecule has 114 valence electrons. The van der Waals surface area contributed by atoms with Crippen molar-refractivity contribution in [3.63, 3.8) is 0 Å². The minimum absolute atomic E-state index is 0.247. The maximum Gasteiger partial charge on any atom is 0.416 e. The van der Waals surface area contributed by atoms with Crippen molar-refractivity contribution in [3.05, 3.63) is 52.8 Å². The number of methoxy groups -OCH3 is 1. The molecule has 2 aromatic heterocycles. The smallest absolute Gasteiger partial charge is 0.416 e. The van der Waals surface area contributed by atoms with Crippen LogP contribution in [0.1, 0.15) is 5.56 Å². The second-order valence-corrected chi connectivity index (χ2v) is 5.51. The summed E-state index contributed by atoms with van der Waals surface area (Å²) in [6.45, 7) is 0. The van der Waals surface area contributed by atoms with E-state index in [9.17, 15) is 13.2 Å². The van der Waals surface area contributed by atoms with E-state index in [-0.39, 0.29) is 5.65 Å². The lowest BCUT2D eigenvalue weighted by Gasteiger charge is -2.05. The van der Waals surface area contributed by atoms with Gasteiger partial charge in [0.25, 0.3) is 0 Å². The Balaban J connectivity index is 2.07. The molecule has 0 aliphatic rings. The number of hydrogen-bond acceptors (Lipinski definition) is 2. The standard InChI is InChI=1S/C15H10BrF3N2O/c1-22-13-3-2-9(6-11(13)16)12-8-21-5-4-10(15(17,18)19)7-14(21)20-12/h2-8H,1H3.